The Kier molecular flexibility index (Phi) is 5.66. The lowest BCUT2D eigenvalue weighted by atomic mass is 10.2. The summed E-state index contributed by atoms with van der Waals surface area (Å²) in [6.07, 6.45) is 6.75. The lowest BCUT2D eigenvalue weighted by molar-refractivity contribution is 0.0937. The maximum absolute atomic E-state index is 11.9. The van der Waals surface area contributed by atoms with E-state index >= 15 is 0 Å². The van der Waals surface area contributed by atoms with E-state index in [0.29, 0.717) is 25.3 Å². The summed E-state index contributed by atoms with van der Waals surface area (Å²) >= 11 is 0. The van der Waals surface area contributed by atoms with Crippen molar-refractivity contribution in [2.75, 3.05) is 25.6 Å². The van der Waals surface area contributed by atoms with Gasteiger partial charge < -0.3 is 15.4 Å². The number of anilines is 1. The van der Waals surface area contributed by atoms with Crippen LogP contribution in [0, 0.1) is 0 Å². The number of hydrogen-bond donors (Lipinski definition) is 2. The molecule has 0 aromatic carbocycles. The van der Waals surface area contributed by atoms with Crippen molar-refractivity contribution in [1.82, 2.24) is 15.3 Å². The van der Waals surface area contributed by atoms with Gasteiger partial charge in [-0.3, -0.25) is 14.8 Å². The molecule has 0 aliphatic heterocycles. The molecule has 1 amide bonds. The average molecular weight is 286 g/mol. The SMILES string of the molecule is COCCNC(=O)c1cncc(NCc2cccnc2)c1. The van der Waals surface area contributed by atoms with Crippen LogP contribution >= 0.6 is 0 Å². The van der Waals surface area contributed by atoms with Gasteiger partial charge in [-0.1, -0.05) is 6.07 Å². The number of carbonyl (C=O) groups excluding carboxylic acids is 1. The minimum absolute atomic E-state index is 0.162. The van der Waals surface area contributed by atoms with Gasteiger partial charge in [0.15, 0.2) is 0 Å². The van der Waals surface area contributed by atoms with E-state index in [4.69, 9.17) is 4.74 Å². The van der Waals surface area contributed by atoms with Crippen LogP contribution in [-0.2, 0) is 11.3 Å². The summed E-state index contributed by atoms with van der Waals surface area (Å²) < 4.78 is 4.89. The van der Waals surface area contributed by atoms with Crippen LogP contribution in [0.15, 0.2) is 43.0 Å². The third-order valence-corrected chi connectivity index (χ3v) is 2.81. The van der Waals surface area contributed by atoms with Crippen molar-refractivity contribution in [3.8, 4) is 0 Å². The first-order chi connectivity index (χ1) is 10.3. The van der Waals surface area contributed by atoms with Crippen molar-refractivity contribution < 1.29 is 9.53 Å². The quantitative estimate of drug-likeness (QED) is 0.754. The number of methoxy groups -OCH3 is 1. The fourth-order valence-electron chi connectivity index (χ4n) is 1.74. The normalized spacial score (nSPS) is 10.1. The van der Waals surface area contributed by atoms with Crippen LogP contribution in [-0.4, -0.2) is 36.1 Å². The van der Waals surface area contributed by atoms with Crippen molar-refractivity contribution in [2.24, 2.45) is 0 Å². The van der Waals surface area contributed by atoms with Crippen molar-refractivity contribution in [2.45, 2.75) is 6.54 Å². The van der Waals surface area contributed by atoms with Crippen molar-refractivity contribution >= 4 is 11.6 Å². The monoisotopic (exact) mass is 286 g/mol. The number of nitrogens with one attached hydrogen (secondary N) is 2. The largest absolute Gasteiger partial charge is 0.383 e. The van der Waals surface area contributed by atoms with E-state index < -0.39 is 0 Å². The third kappa shape index (κ3) is 4.85. The molecule has 2 N–H and O–H groups in total. The average Bonchev–Trinajstić information content (AvgIpc) is 2.54. The number of aromatic nitrogens is 2. The summed E-state index contributed by atoms with van der Waals surface area (Å²) in [7, 11) is 1.59. The molecule has 0 aliphatic carbocycles. The predicted molar refractivity (Wildman–Crippen MR) is 80.0 cm³/mol. The minimum atomic E-state index is -0.162. The molecule has 0 saturated carbocycles. The van der Waals surface area contributed by atoms with Crippen LogP contribution in [0.4, 0.5) is 5.69 Å². The molecule has 0 unspecified atom stereocenters. The molecule has 2 rings (SSSR count). The van der Waals surface area contributed by atoms with E-state index in [0.717, 1.165) is 11.3 Å². The molecule has 21 heavy (non-hydrogen) atoms. The zero-order chi connectivity index (χ0) is 14.9. The summed E-state index contributed by atoms with van der Waals surface area (Å²) in [6.45, 7) is 1.59. The number of amides is 1. The lowest BCUT2D eigenvalue weighted by Crippen LogP contribution is -2.27. The van der Waals surface area contributed by atoms with Gasteiger partial charge in [0.05, 0.1) is 17.9 Å². The molecule has 2 aromatic heterocycles. The predicted octanol–water partition coefficient (Wildman–Crippen LogP) is 1.46. The topological polar surface area (TPSA) is 76.1 Å². The molecule has 0 bridgehead atoms. The van der Waals surface area contributed by atoms with E-state index in [2.05, 4.69) is 20.6 Å². The van der Waals surface area contributed by atoms with Crippen molar-refractivity contribution in [3.63, 3.8) is 0 Å². The van der Waals surface area contributed by atoms with Gasteiger partial charge in [0.1, 0.15) is 0 Å². The summed E-state index contributed by atoms with van der Waals surface area (Å²) in [5.74, 6) is -0.162. The smallest absolute Gasteiger partial charge is 0.253 e. The highest BCUT2D eigenvalue weighted by Gasteiger charge is 2.06. The highest BCUT2D eigenvalue weighted by Crippen LogP contribution is 2.10. The summed E-state index contributed by atoms with van der Waals surface area (Å²) in [6, 6.07) is 5.63. The van der Waals surface area contributed by atoms with E-state index in [9.17, 15) is 4.79 Å². The van der Waals surface area contributed by atoms with Crippen LogP contribution in [0.1, 0.15) is 15.9 Å². The fraction of sp³-hybridized carbons (Fsp3) is 0.267. The molecule has 6 nitrogen and oxygen atoms in total. The molecule has 0 fully saturated rings. The summed E-state index contributed by atoms with van der Waals surface area (Å²) in [5, 5.41) is 5.98. The highest BCUT2D eigenvalue weighted by molar-refractivity contribution is 5.94. The molecular weight excluding hydrogens is 268 g/mol. The maximum atomic E-state index is 11.9. The first kappa shape index (κ1) is 14.9. The Hall–Kier alpha value is -2.47. The third-order valence-electron chi connectivity index (χ3n) is 2.81. The maximum Gasteiger partial charge on any atom is 0.253 e. The minimum Gasteiger partial charge on any atom is -0.383 e. The van der Waals surface area contributed by atoms with Crippen LogP contribution in [0.3, 0.4) is 0 Å². The summed E-state index contributed by atoms with van der Waals surface area (Å²) in [4.78, 5) is 20.0. The number of ether oxygens (including phenoxy) is 1. The molecule has 2 heterocycles. The van der Waals surface area contributed by atoms with E-state index in [1.54, 1.807) is 31.8 Å². The van der Waals surface area contributed by atoms with Gasteiger partial charge >= 0.3 is 0 Å². The number of pyridine rings is 2. The number of carbonyl (C=O) groups is 1. The van der Waals surface area contributed by atoms with Crippen LogP contribution in [0.5, 0.6) is 0 Å². The Balaban J connectivity index is 1.92. The van der Waals surface area contributed by atoms with Gasteiger partial charge in [-0.25, -0.2) is 0 Å². The molecule has 2 aromatic rings. The number of hydrogen-bond acceptors (Lipinski definition) is 5. The molecule has 0 atom stereocenters. The second-order valence-corrected chi connectivity index (χ2v) is 4.43. The number of nitrogens with zero attached hydrogens (tertiary/aromatic N) is 2. The van der Waals surface area contributed by atoms with Crippen LogP contribution in [0.25, 0.3) is 0 Å². The molecule has 0 spiro atoms. The molecule has 110 valence electrons. The standard InChI is InChI=1S/C15H18N4O2/c1-21-6-5-18-15(20)13-7-14(11-17-10-13)19-9-12-3-2-4-16-8-12/h2-4,7-8,10-11,19H,5-6,9H2,1H3,(H,18,20). The van der Waals surface area contributed by atoms with Gasteiger partial charge in [0.25, 0.3) is 5.91 Å². The Bertz CT molecular complexity index is 575. The van der Waals surface area contributed by atoms with Crippen molar-refractivity contribution in [3.05, 3.63) is 54.1 Å². The van der Waals surface area contributed by atoms with Gasteiger partial charge in [0, 0.05) is 45.0 Å². The second-order valence-electron chi connectivity index (χ2n) is 4.43. The molecular formula is C15H18N4O2. The first-order valence-electron chi connectivity index (χ1n) is 6.64. The Morgan fingerprint density at radius 3 is 2.95 bits per heavy atom. The lowest BCUT2D eigenvalue weighted by Gasteiger charge is -2.08. The zero-order valence-electron chi connectivity index (χ0n) is 11.9. The van der Waals surface area contributed by atoms with Gasteiger partial charge in [-0.15, -0.1) is 0 Å². The van der Waals surface area contributed by atoms with Gasteiger partial charge in [0.2, 0.25) is 0 Å². The van der Waals surface area contributed by atoms with Gasteiger partial charge in [-0.05, 0) is 17.7 Å². The molecule has 0 radical (unpaired) electrons. The van der Waals surface area contributed by atoms with Crippen molar-refractivity contribution in [1.29, 1.82) is 0 Å². The second kappa shape index (κ2) is 7.96. The molecule has 0 saturated heterocycles. The van der Waals surface area contributed by atoms with E-state index in [1.807, 2.05) is 12.1 Å². The fourth-order valence-corrected chi connectivity index (χ4v) is 1.74. The van der Waals surface area contributed by atoms with Crippen LogP contribution < -0.4 is 10.6 Å². The zero-order valence-corrected chi connectivity index (χ0v) is 11.9. The first-order valence-corrected chi connectivity index (χ1v) is 6.64. The summed E-state index contributed by atoms with van der Waals surface area (Å²) in [5.41, 5.74) is 2.37. The van der Waals surface area contributed by atoms with E-state index in [1.165, 1.54) is 6.20 Å². The highest BCUT2D eigenvalue weighted by atomic mass is 16.5. The van der Waals surface area contributed by atoms with Crippen LogP contribution in [0.2, 0.25) is 0 Å². The number of rotatable bonds is 7. The van der Waals surface area contributed by atoms with Gasteiger partial charge in [-0.2, -0.15) is 0 Å². The Morgan fingerprint density at radius 1 is 1.29 bits per heavy atom. The Morgan fingerprint density at radius 2 is 2.19 bits per heavy atom. The Labute approximate surface area is 123 Å². The molecule has 0 aliphatic rings. The molecule has 6 heteroatoms. The van der Waals surface area contributed by atoms with E-state index in [-0.39, 0.29) is 5.91 Å².